The van der Waals surface area contributed by atoms with E-state index in [-0.39, 0.29) is 5.56 Å². The van der Waals surface area contributed by atoms with E-state index in [1.807, 2.05) is 0 Å². The Kier molecular flexibility index (Phi) is 3.81. The lowest BCUT2D eigenvalue weighted by atomic mass is 10.1. The van der Waals surface area contributed by atoms with Crippen LogP contribution in [0.3, 0.4) is 0 Å². The van der Waals surface area contributed by atoms with Crippen molar-refractivity contribution in [1.29, 1.82) is 0 Å². The summed E-state index contributed by atoms with van der Waals surface area (Å²) in [6.45, 7) is 7.50. The van der Waals surface area contributed by atoms with Gasteiger partial charge >= 0.3 is 0 Å². The van der Waals surface area contributed by atoms with Crippen molar-refractivity contribution in [2.45, 2.75) is 38.4 Å². The Balaban J connectivity index is 1.63. The molecule has 20 heavy (non-hydrogen) atoms. The molecule has 0 radical (unpaired) electrons. The number of pyridine rings is 1. The van der Waals surface area contributed by atoms with Crippen LogP contribution in [0.1, 0.15) is 19.8 Å². The first-order valence-corrected chi connectivity index (χ1v) is 7.57. The van der Waals surface area contributed by atoms with E-state index in [0.29, 0.717) is 11.7 Å². The molecule has 3 heterocycles. The lowest BCUT2D eigenvalue weighted by molar-refractivity contribution is 0.0569. The fourth-order valence-corrected chi connectivity index (χ4v) is 3.52. The molecule has 0 amide bonds. The van der Waals surface area contributed by atoms with Crippen LogP contribution < -0.4 is 11.3 Å². The maximum atomic E-state index is 11.8. The summed E-state index contributed by atoms with van der Waals surface area (Å²) in [5.41, 5.74) is 6.44. The molecule has 5 nitrogen and oxygen atoms in total. The summed E-state index contributed by atoms with van der Waals surface area (Å²) in [5, 5.41) is 0. The van der Waals surface area contributed by atoms with Crippen LogP contribution in [-0.4, -0.2) is 52.6 Å². The highest BCUT2D eigenvalue weighted by Gasteiger charge is 2.33. The topological polar surface area (TPSA) is 54.5 Å². The molecule has 5 heteroatoms. The molecule has 1 aromatic rings. The van der Waals surface area contributed by atoms with Crippen molar-refractivity contribution >= 4 is 5.69 Å². The zero-order valence-electron chi connectivity index (χ0n) is 12.2. The third-order valence-corrected chi connectivity index (χ3v) is 4.70. The second-order valence-electron chi connectivity index (χ2n) is 6.13. The van der Waals surface area contributed by atoms with Crippen LogP contribution in [0.15, 0.2) is 23.1 Å². The highest BCUT2D eigenvalue weighted by molar-refractivity contribution is 5.33. The van der Waals surface area contributed by atoms with Gasteiger partial charge < -0.3 is 10.3 Å². The summed E-state index contributed by atoms with van der Waals surface area (Å²) in [5.74, 6) is 0. The van der Waals surface area contributed by atoms with Gasteiger partial charge in [0, 0.05) is 56.2 Å². The summed E-state index contributed by atoms with van der Waals surface area (Å²) in [7, 11) is 0. The van der Waals surface area contributed by atoms with Gasteiger partial charge in [0.15, 0.2) is 0 Å². The normalized spacial score (nSPS) is 27.6. The molecule has 2 atom stereocenters. The van der Waals surface area contributed by atoms with Gasteiger partial charge in [-0.05, 0) is 32.4 Å². The van der Waals surface area contributed by atoms with Gasteiger partial charge in [-0.3, -0.25) is 14.6 Å². The van der Waals surface area contributed by atoms with Crippen LogP contribution in [0, 0.1) is 0 Å². The molecule has 2 aliphatic heterocycles. The molecular weight excluding hydrogens is 252 g/mol. The monoisotopic (exact) mass is 276 g/mol. The van der Waals surface area contributed by atoms with E-state index >= 15 is 0 Å². The quantitative estimate of drug-likeness (QED) is 0.878. The molecule has 2 fully saturated rings. The summed E-state index contributed by atoms with van der Waals surface area (Å²) >= 11 is 0. The largest absolute Gasteiger partial charge is 0.398 e. The molecule has 2 aliphatic rings. The van der Waals surface area contributed by atoms with Crippen molar-refractivity contribution < 1.29 is 0 Å². The molecule has 110 valence electrons. The van der Waals surface area contributed by atoms with Crippen molar-refractivity contribution in [2.75, 3.05) is 31.9 Å². The Labute approximate surface area is 120 Å². The predicted octanol–water partition coefficient (Wildman–Crippen LogP) is 0.599. The zero-order chi connectivity index (χ0) is 14.1. The predicted molar refractivity (Wildman–Crippen MR) is 80.7 cm³/mol. The van der Waals surface area contributed by atoms with Crippen molar-refractivity contribution in [2.24, 2.45) is 0 Å². The molecule has 0 aliphatic carbocycles. The lowest BCUT2D eigenvalue weighted by Crippen LogP contribution is -2.55. The van der Waals surface area contributed by atoms with E-state index < -0.39 is 0 Å². The summed E-state index contributed by atoms with van der Waals surface area (Å²) in [4.78, 5) is 16.9. The van der Waals surface area contributed by atoms with Gasteiger partial charge in [0.2, 0.25) is 0 Å². The Hall–Kier alpha value is -1.33. The van der Waals surface area contributed by atoms with Crippen molar-refractivity contribution in [1.82, 2.24) is 14.4 Å². The smallest absolute Gasteiger partial charge is 0.250 e. The van der Waals surface area contributed by atoms with Crippen LogP contribution in [0.4, 0.5) is 5.69 Å². The maximum Gasteiger partial charge on any atom is 0.250 e. The van der Waals surface area contributed by atoms with Crippen LogP contribution in [0.5, 0.6) is 0 Å². The van der Waals surface area contributed by atoms with E-state index in [2.05, 4.69) is 16.7 Å². The number of fused-ring (bicyclic) bond motifs is 1. The minimum atomic E-state index is 0.0337. The minimum absolute atomic E-state index is 0.0337. The fourth-order valence-electron chi connectivity index (χ4n) is 3.52. The molecular formula is C15H24N4O. The number of rotatable bonds is 3. The highest BCUT2D eigenvalue weighted by Crippen LogP contribution is 2.24. The second kappa shape index (κ2) is 5.58. The Morgan fingerprint density at radius 2 is 2.15 bits per heavy atom. The van der Waals surface area contributed by atoms with E-state index in [1.54, 1.807) is 22.9 Å². The molecule has 0 aromatic carbocycles. The van der Waals surface area contributed by atoms with Gasteiger partial charge in [-0.25, -0.2) is 0 Å². The molecule has 2 saturated heterocycles. The van der Waals surface area contributed by atoms with Crippen molar-refractivity contribution in [3.63, 3.8) is 0 Å². The number of nitrogens with two attached hydrogens (primary N) is 1. The minimum Gasteiger partial charge on any atom is -0.398 e. The van der Waals surface area contributed by atoms with Crippen LogP contribution >= 0.6 is 0 Å². The average molecular weight is 276 g/mol. The molecule has 3 rings (SSSR count). The third-order valence-electron chi connectivity index (χ3n) is 4.70. The number of nitrogens with zero attached hydrogens (tertiary/aromatic N) is 3. The molecule has 0 saturated carbocycles. The first-order valence-electron chi connectivity index (χ1n) is 7.57. The second-order valence-corrected chi connectivity index (χ2v) is 6.13. The molecule has 0 spiro atoms. The number of hydrogen-bond acceptors (Lipinski definition) is 4. The van der Waals surface area contributed by atoms with Gasteiger partial charge in [0.25, 0.3) is 5.56 Å². The third kappa shape index (κ3) is 2.74. The highest BCUT2D eigenvalue weighted by atomic mass is 16.1. The first kappa shape index (κ1) is 13.6. The van der Waals surface area contributed by atoms with Gasteiger partial charge in [0.1, 0.15) is 0 Å². The Morgan fingerprint density at radius 1 is 1.30 bits per heavy atom. The van der Waals surface area contributed by atoms with E-state index in [4.69, 9.17) is 5.73 Å². The van der Waals surface area contributed by atoms with Crippen molar-refractivity contribution in [3.05, 3.63) is 28.7 Å². The van der Waals surface area contributed by atoms with E-state index in [9.17, 15) is 4.79 Å². The Bertz CT molecular complexity index is 527. The summed E-state index contributed by atoms with van der Waals surface area (Å²) < 4.78 is 1.73. The van der Waals surface area contributed by atoms with Gasteiger partial charge in [-0.15, -0.1) is 0 Å². The average Bonchev–Trinajstić information content (AvgIpc) is 2.86. The molecule has 1 aromatic heterocycles. The number of aromatic nitrogens is 1. The number of hydrogen-bond donors (Lipinski definition) is 1. The maximum absolute atomic E-state index is 11.8. The molecule has 0 bridgehead atoms. The number of anilines is 1. The van der Waals surface area contributed by atoms with E-state index in [0.717, 1.165) is 32.2 Å². The number of nitrogen functional groups attached to an aromatic ring is 1. The van der Waals surface area contributed by atoms with Gasteiger partial charge in [-0.1, -0.05) is 0 Å². The summed E-state index contributed by atoms with van der Waals surface area (Å²) in [6, 6.07) is 4.51. The zero-order valence-corrected chi connectivity index (χ0v) is 12.2. The Morgan fingerprint density at radius 3 is 3.00 bits per heavy atom. The van der Waals surface area contributed by atoms with Crippen LogP contribution in [0.2, 0.25) is 0 Å². The van der Waals surface area contributed by atoms with Gasteiger partial charge in [0.05, 0.1) is 0 Å². The van der Waals surface area contributed by atoms with Crippen LogP contribution in [0.25, 0.3) is 0 Å². The van der Waals surface area contributed by atoms with Crippen LogP contribution in [-0.2, 0) is 6.54 Å². The van der Waals surface area contributed by atoms with Crippen molar-refractivity contribution in [3.8, 4) is 0 Å². The SMILES string of the molecule is CC1CN2CCCC2CN1CCn1cc(N)ccc1=O. The fraction of sp³-hybridized carbons (Fsp3) is 0.667. The lowest BCUT2D eigenvalue weighted by Gasteiger charge is -2.42. The molecule has 2 unspecified atom stereocenters. The molecule has 2 N–H and O–H groups in total. The van der Waals surface area contributed by atoms with E-state index in [1.165, 1.54) is 19.4 Å². The number of piperazine rings is 1. The van der Waals surface area contributed by atoms with Gasteiger partial charge in [-0.2, -0.15) is 0 Å². The first-order chi connectivity index (χ1) is 9.63. The standard InChI is InChI=1S/C15H24N4O/c1-12-9-18-6-2-3-14(18)11-17(12)7-8-19-10-13(16)4-5-15(19)20/h4-5,10,12,14H,2-3,6-9,11,16H2,1H3. The summed E-state index contributed by atoms with van der Waals surface area (Å²) in [6.07, 6.45) is 4.40.